The smallest absolute Gasteiger partial charge is 0.319 e. The van der Waals surface area contributed by atoms with E-state index in [1.54, 1.807) is 17.2 Å². The summed E-state index contributed by atoms with van der Waals surface area (Å²) in [7, 11) is 0. The number of aromatic amines is 1. The molecule has 1 fully saturated rings. The lowest BCUT2D eigenvalue weighted by molar-refractivity contribution is 0.0670. The number of nitrogens with zero attached hydrogens (tertiary/aromatic N) is 1. The number of rotatable bonds is 5. The third kappa shape index (κ3) is 5.00. The summed E-state index contributed by atoms with van der Waals surface area (Å²) in [5.41, 5.74) is 2.81. The van der Waals surface area contributed by atoms with E-state index in [9.17, 15) is 14.4 Å². The number of H-pyrrole nitrogens is 1. The molecule has 0 saturated carbocycles. The molecule has 1 aliphatic heterocycles. The lowest BCUT2D eigenvalue weighted by Gasteiger charge is -2.32. The van der Waals surface area contributed by atoms with Crippen LogP contribution in [-0.2, 0) is 0 Å². The van der Waals surface area contributed by atoms with E-state index in [2.05, 4.69) is 15.6 Å². The monoisotopic (exact) mass is 382 g/mol. The Balaban J connectivity index is 1.50. The number of nitrogens with one attached hydrogen (secondary N) is 3. The van der Waals surface area contributed by atoms with Crippen LogP contribution in [0.3, 0.4) is 0 Å². The van der Waals surface area contributed by atoms with Crippen LogP contribution < -0.4 is 10.6 Å². The Morgan fingerprint density at radius 1 is 1.21 bits per heavy atom. The van der Waals surface area contributed by atoms with Crippen LogP contribution in [0, 0.1) is 12.8 Å². The summed E-state index contributed by atoms with van der Waals surface area (Å²) in [6.07, 6.45) is 3.41. The SMILES string of the molecule is CC(=O)c1c[nH]c(C(=O)N2CCCC(CNC(=O)Nc3ccc(C)cc3)C2)c1. The number of hydrogen-bond donors (Lipinski definition) is 3. The average molecular weight is 382 g/mol. The number of piperidine rings is 1. The fourth-order valence-electron chi connectivity index (χ4n) is 3.36. The molecule has 0 radical (unpaired) electrons. The third-order valence-corrected chi connectivity index (χ3v) is 4.99. The first-order valence-electron chi connectivity index (χ1n) is 9.52. The molecule has 1 atom stereocenters. The summed E-state index contributed by atoms with van der Waals surface area (Å²) in [5.74, 6) is 0.0145. The molecule has 28 heavy (non-hydrogen) atoms. The number of carbonyl (C=O) groups excluding carboxylic acids is 3. The van der Waals surface area contributed by atoms with Crippen molar-refractivity contribution in [1.29, 1.82) is 0 Å². The predicted molar refractivity (Wildman–Crippen MR) is 108 cm³/mol. The van der Waals surface area contributed by atoms with Crippen LogP contribution in [0.15, 0.2) is 36.5 Å². The number of Topliss-reactive ketones (excluding diaryl/α,β-unsaturated/α-hetero) is 1. The van der Waals surface area contributed by atoms with Crippen LogP contribution in [0.4, 0.5) is 10.5 Å². The number of anilines is 1. The second kappa shape index (κ2) is 8.73. The molecule has 1 aliphatic rings. The Morgan fingerprint density at radius 3 is 2.64 bits per heavy atom. The molecule has 1 aromatic heterocycles. The molecule has 2 aromatic rings. The van der Waals surface area contributed by atoms with Crippen molar-refractivity contribution in [3.05, 3.63) is 53.3 Å². The van der Waals surface area contributed by atoms with E-state index >= 15 is 0 Å². The zero-order chi connectivity index (χ0) is 20.1. The quantitative estimate of drug-likeness (QED) is 0.693. The van der Waals surface area contributed by atoms with Gasteiger partial charge in [-0.2, -0.15) is 0 Å². The number of amides is 3. The van der Waals surface area contributed by atoms with E-state index in [1.807, 2.05) is 31.2 Å². The highest BCUT2D eigenvalue weighted by Gasteiger charge is 2.25. The maximum Gasteiger partial charge on any atom is 0.319 e. The van der Waals surface area contributed by atoms with Gasteiger partial charge in [-0.05, 0) is 50.8 Å². The highest BCUT2D eigenvalue weighted by Crippen LogP contribution is 2.18. The number of ketones is 1. The van der Waals surface area contributed by atoms with E-state index in [4.69, 9.17) is 0 Å². The Morgan fingerprint density at radius 2 is 1.96 bits per heavy atom. The molecular weight excluding hydrogens is 356 g/mol. The van der Waals surface area contributed by atoms with Crippen LogP contribution in [-0.4, -0.2) is 47.2 Å². The third-order valence-electron chi connectivity index (χ3n) is 4.99. The maximum absolute atomic E-state index is 12.7. The van der Waals surface area contributed by atoms with Crippen molar-refractivity contribution in [1.82, 2.24) is 15.2 Å². The number of aryl methyl sites for hydroxylation is 1. The lowest BCUT2D eigenvalue weighted by atomic mass is 9.97. The number of carbonyl (C=O) groups is 3. The van der Waals surface area contributed by atoms with E-state index in [1.165, 1.54) is 6.92 Å². The topological polar surface area (TPSA) is 94.3 Å². The molecule has 148 valence electrons. The van der Waals surface area contributed by atoms with Crippen LogP contribution in [0.5, 0.6) is 0 Å². The first kappa shape index (κ1) is 19.7. The van der Waals surface area contributed by atoms with Gasteiger partial charge in [-0.1, -0.05) is 17.7 Å². The van der Waals surface area contributed by atoms with Crippen molar-refractivity contribution in [2.75, 3.05) is 25.0 Å². The molecule has 1 saturated heterocycles. The minimum atomic E-state index is -0.247. The van der Waals surface area contributed by atoms with E-state index in [0.717, 1.165) is 24.1 Å². The molecule has 0 bridgehead atoms. The van der Waals surface area contributed by atoms with Gasteiger partial charge in [-0.3, -0.25) is 9.59 Å². The lowest BCUT2D eigenvalue weighted by Crippen LogP contribution is -2.44. The Bertz CT molecular complexity index is 857. The van der Waals surface area contributed by atoms with Crippen molar-refractivity contribution in [3.63, 3.8) is 0 Å². The van der Waals surface area contributed by atoms with E-state index in [-0.39, 0.29) is 23.6 Å². The number of benzene rings is 1. The summed E-state index contributed by atoms with van der Waals surface area (Å²) in [6, 6.07) is 8.96. The van der Waals surface area contributed by atoms with Crippen molar-refractivity contribution < 1.29 is 14.4 Å². The number of urea groups is 1. The number of hydrogen-bond acceptors (Lipinski definition) is 3. The van der Waals surface area contributed by atoms with Crippen molar-refractivity contribution >= 4 is 23.4 Å². The van der Waals surface area contributed by atoms with Gasteiger partial charge in [-0.15, -0.1) is 0 Å². The van der Waals surface area contributed by atoms with Gasteiger partial charge < -0.3 is 20.5 Å². The summed E-state index contributed by atoms with van der Waals surface area (Å²) in [5, 5.41) is 5.71. The van der Waals surface area contributed by atoms with Gasteiger partial charge in [0.2, 0.25) is 0 Å². The fourth-order valence-corrected chi connectivity index (χ4v) is 3.36. The molecule has 0 spiro atoms. The standard InChI is InChI=1S/C21H26N4O3/c1-14-5-7-18(8-6-14)24-21(28)23-11-16-4-3-9-25(13-16)20(27)19-10-17(12-22-19)15(2)26/h5-8,10,12,16,22H,3-4,9,11,13H2,1-2H3,(H2,23,24,28). The molecule has 1 aromatic carbocycles. The second-order valence-corrected chi connectivity index (χ2v) is 7.32. The largest absolute Gasteiger partial charge is 0.356 e. The summed E-state index contributed by atoms with van der Waals surface area (Å²) in [4.78, 5) is 40.9. The van der Waals surface area contributed by atoms with E-state index < -0.39 is 0 Å². The Kier molecular flexibility index (Phi) is 6.13. The van der Waals surface area contributed by atoms with Gasteiger partial charge in [0.1, 0.15) is 5.69 Å². The van der Waals surface area contributed by atoms with E-state index in [0.29, 0.717) is 30.9 Å². The van der Waals surface area contributed by atoms with Crippen LogP contribution >= 0.6 is 0 Å². The normalized spacial score (nSPS) is 16.5. The van der Waals surface area contributed by atoms with Gasteiger partial charge in [0.05, 0.1) is 0 Å². The first-order chi connectivity index (χ1) is 13.4. The van der Waals surface area contributed by atoms with Gasteiger partial charge in [0.15, 0.2) is 5.78 Å². The molecule has 2 heterocycles. The minimum absolute atomic E-state index is 0.0735. The second-order valence-electron chi connectivity index (χ2n) is 7.32. The highest BCUT2D eigenvalue weighted by molar-refractivity contribution is 5.99. The van der Waals surface area contributed by atoms with Crippen LogP contribution in [0.25, 0.3) is 0 Å². The molecule has 1 unspecified atom stereocenters. The Labute approximate surface area is 164 Å². The van der Waals surface area contributed by atoms with Gasteiger partial charge in [-0.25, -0.2) is 4.79 Å². The van der Waals surface area contributed by atoms with Crippen molar-refractivity contribution in [2.24, 2.45) is 5.92 Å². The van der Waals surface area contributed by atoms with Gasteiger partial charge in [0.25, 0.3) is 5.91 Å². The average Bonchev–Trinajstić information content (AvgIpc) is 3.18. The number of likely N-dealkylation sites (tertiary alicyclic amines) is 1. The first-order valence-corrected chi connectivity index (χ1v) is 9.52. The predicted octanol–water partition coefficient (Wildman–Crippen LogP) is 3.20. The molecule has 3 amide bonds. The zero-order valence-electron chi connectivity index (χ0n) is 16.2. The highest BCUT2D eigenvalue weighted by atomic mass is 16.2. The van der Waals surface area contributed by atoms with Crippen molar-refractivity contribution in [2.45, 2.75) is 26.7 Å². The van der Waals surface area contributed by atoms with Crippen LogP contribution in [0.1, 0.15) is 46.2 Å². The maximum atomic E-state index is 12.7. The minimum Gasteiger partial charge on any atom is -0.356 e. The molecule has 3 rings (SSSR count). The zero-order valence-corrected chi connectivity index (χ0v) is 16.2. The Hall–Kier alpha value is -3.09. The molecule has 3 N–H and O–H groups in total. The number of aromatic nitrogens is 1. The summed E-state index contributed by atoms with van der Waals surface area (Å²) in [6.45, 7) is 5.23. The van der Waals surface area contributed by atoms with Crippen LogP contribution in [0.2, 0.25) is 0 Å². The molecule has 0 aliphatic carbocycles. The van der Waals surface area contributed by atoms with Gasteiger partial charge in [0, 0.05) is 37.1 Å². The van der Waals surface area contributed by atoms with Crippen molar-refractivity contribution in [3.8, 4) is 0 Å². The molecular formula is C21H26N4O3. The summed E-state index contributed by atoms with van der Waals surface area (Å²) >= 11 is 0. The summed E-state index contributed by atoms with van der Waals surface area (Å²) < 4.78 is 0. The molecule has 7 nitrogen and oxygen atoms in total. The fraction of sp³-hybridized carbons (Fsp3) is 0.381. The molecule has 7 heteroatoms. The van der Waals surface area contributed by atoms with Gasteiger partial charge >= 0.3 is 6.03 Å².